The van der Waals surface area contributed by atoms with Gasteiger partial charge in [0.05, 0.1) is 12.2 Å². The first kappa shape index (κ1) is 13.1. The third-order valence-electron chi connectivity index (χ3n) is 3.38. The SMILES string of the molecule is CCOc1ncnc(N(CC)C2CCNC2)c1C. The second-order valence-corrected chi connectivity index (χ2v) is 4.49. The minimum absolute atomic E-state index is 0.526. The van der Waals surface area contributed by atoms with Crippen LogP contribution in [0.3, 0.4) is 0 Å². The van der Waals surface area contributed by atoms with Gasteiger partial charge in [-0.15, -0.1) is 0 Å². The summed E-state index contributed by atoms with van der Waals surface area (Å²) in [6.07, 6.45) is 2.76. The highest BCUT2D eigenvalue weighted by atomic mass is 16.5. The Morgan fingerprint density at radius 3 is 2.89 bits per heavy atom. The molecule has 1 unspecified atom stereocenters. The lowest BCUT2D eigenvalue weighted by Gasteiger charge is -2.29. The van der Waals surface area contributed by atoms with E-state index in [1.165, 1.54) is 6.42 Å². The first-order valence-electron chi connectivity index (χ1n) is 6.69. The zero-order valence-corrected chi connectivity index (χ0v) is 11.4. The number of hydrogen-bond donors (Lipinski definition) is 1. The molecule has 1 aliphatic heterocycles. The van der Waals surface area contributed by atoms with Crippen molar-refractivity contribution in [3.8, 4) is 5.88 Å². The molecule has 1 N–H and O–H groups in total. The maximum atomic E-state index is 5.54. The van der Waals surface area contributed by atoms with E-state index in [2.05, 4.69) is 27.1 Å². The first-order chi connectivity index (χ1) is 8.77. The minimum atomic E-state index is 0.526. The molecular weight excluding hydrogens is 228 g/mol. The van der Waals surface area contributed by atoms with Gasteiger partial charge in [0.2, 0.25) is 5.88 Å². The van der Waals surface area contributed by atoms with Gasteiger partial charge in [-0.25, -0.2) is 9.97 Å². The van der Waals surface area contributed by atoms with Gasteiger partial charge in [0.1, 0.15) is 12.1 Å². The maximum absolute atomic E-state index is 5.54. The molecule has 5 heteroatoms. The summed E-state index contributed by atoms with van der Waals surface area (Å²) in [5.41, 5.74) is 1.04. The second-order valence-electron chi connectivity index (χ2n) is 4.49. The second kappa shape index (κ2) is 6.00. The molecule has 1 aromatic heterocycles. The predicted molar refractivity (Wildman–Crippen MR) is 72.2 cm³/mol. The van der Waals surface area contributed by atoms with Crippen molar-refractivity contribution in [2.75, 3.05) is 31.1 Å². The van der Waals surface area contributed by atoms with Crippen LogP contribution in [0.4, 0.5) is 5.82 Å². The fourth-order valence-corrected chi connectivity index (χ4v) is 2.48. The smallest absolute Gasteiger partial charge is 0.221 e. The van der Waals surface area contributed by atoms with Crippen molar-refractivity contribution in [3.05, 3.63) is 11.9 Å². The van der Waals surface area contributed by atoms with E-state index in [0.29, 0.717) is 18.5 Å². The van der Waals surface area contributed by atoms with Gasteiger partial charge < -0.3 is 15.0 Å². The number of likely N-dealkylation sites (N-methyl/N-ethyl adjacent to an activating group) is 1. The van der Waals surface area contributed by atoms with Gasteiger partial charge in [0.25, 0.3) is 0 Å². The highest BCUT2D eigenvalue weighted by Crippen LogP contribution is 2.26. The Morgan fingerprint density at radius 1 is 1.44 bits per heavy atom. The fraction of sp³-hybridized carbons (Fsp3) is 0.692. The van der Waals surface area contributed by atoms with Gasteiger partial charge in [0.15, 0.2) is 0 Å². The minimum Gasteiger partial charge on any atom is -0.478 e. The number of hydrogen-bond acceptors (Lipinski definition) is 5. The lowest BCUT2D eigenvalue weighted by atomic mass is 10.2. The average Bonchev–Trinajstić information content (AvgIpc) is 2.89. The van der Waals surface area contributed by atoms with Crippen molar-refractivity contribution in [2.45, 2.75) is 33.2 Å². The predicted octanol–water partition coefficient (Wildman–Crippen LogP) is 1.37. The van der Waals surface area contributed by atoms with Crippen molar-refractivity contribution >= 4 is 5.82 Å². The topological polar surface area (TPSA) is 50.3 Å². The molecule has 0 bridgehead atoms. The molecule has 1 aromatic rings. The normalized spacial score (nSPS) is 18.9. The molecule has 1 atom stereocenters. The molecule has 0 aromatic carbocycles. The highest BCUT2D eigenvalue weighted by molar-refractivity contribution is 5.51. The van der Waals surface area contributed by atoms with Crippen molar-refractivity contribution in [3.63, 3.8) is 0 Å². The molecular formula is C13H22N4O. The van der Waals surface area contributed by atoms with Crippen LogP contribution in [0, 0.1) is 6.92 Å². The number of nitrogens with one attached hydrogen (secondary N) is 1. The number of rotatable bonds is 5. The summed E-state index contributed by atoms with van der Waals surface area (Å²) in [4.78, 5) is 11.0. The van der Waals surface area contributed by atoms with Crippen LogP contribution in [0.1, 0.15) is 25.8 Å². The molecule has 0 amide bonds. The molecule has 1 saturated heterocycles. The van der Waals surface area contributed by atoms with Crippen LogP contribution in [0.25, 0.3) is 0 Å². The Kier molecular flexibility index (Phi) is 4.36. The van der Waals surface area contributed by atoms with Gasteiger partial charge in [-0.3, -0.25) is 0 Å². The lowest BCUT2D eigenvalue weighted by Crippen LogP contribution is -2.37. The molecule has 0 spiro atoms. The van der Waals surface area contributed by atoms with Gasteiger partial charge in [0, 0.05) is 19.1 Å². The molecule has 1 aliphatic rings. The van der Waals surface area contributed by atoms with Crippen LogP contribution in [-0.4, -0.2) is 42.3 Å². The van der Waals surface area contributed by atoms with Gasteiger partial charge in [-0.2, -0.15) is 0 Å². The lowest BCUT2D eigenvalue weighted by molar-refractivity contribution is 0.323. The summed E-state index contributed by atoms with van der Waals surface area (Å²) >= 11 is 0. The maximum Gasteiger partial charge on any atom is 0.221 e. The van der Waals surface area contributed by atoms with Crippen molar-refractivity contribution in [1.82, 2.24) is 15.3 Å². The molecule has 100 valence electrons. The number of anilines is 1. The quantitative estimate of drug-likeness (QED) is 0.855. The van der Waals surface area contributed by atoms with Crippen molar-refractivity contribution in [2.24, 2.45) is 0 Å². The third kappa shape index (κ3) is 2.56. The number of nitrogens with zero attached hydrogens (tertiary/aromatic N) is 3. The summed E-state index contributed by atoms with van der Waals surface area (Å²) < 4.78 is 5.54. The van der Waals surface area contributed by atoms with E-state index in [9.17, 15) is 0 Å². The van der Waals surface area contributed by atoms with Gasteiger partial charge >= 0.3 is 0 Å². The Bertz CT molecular complexity index is 391. The highest BCUT2D eigenvalue weighted by Gasteiger charge is 2.24. The molecule has 0 saturated carbocycles. The molecule has 2 rings (SSSR count). The van der Waals surface area contributed by atoms with E-state index in [1.54, 1.807) is 6.33 Å². The molecule has 0 radical (unpaired) electrons. The Morgan fingerprint density at radius 2 is 2.28 bits per heavy atom. The van der Waals surface area contributed by atoms with E-state index in [1.807, 2.05) is 13.8 Å². The third-order valence-corrected chi connectivity index (χ3v) is 3.38. The van der Waals surface area contributed by atoms with E-state index in [4.69, 9.17) is 4.74 Å². The van der Waals surface area contributed by atoms with E-state index in [0.717, 1.165) is 31.0 Å². The molecule has 18 heavy (non-hydrogen) atoms. The Balaban J connectivity index is 2.26. The molecule has 1 fully saturated rings. The van der Waals surface area contributed by atoms with Crippen LogP contribution >= 0.6 is 0 Å². The Labute approximate surface area is 109 Å². The monoisotopic (exact) mass is 250 g/mol. The fourth-order valence-electron chi connectivity index (χ4n) is 2.48. The summed E-state index contributed by atoms with van der Waals surface area (Å²) in [6, 6.07) is 0.526. The first-order valence-corrected chi connectivity index (χ1v) is 6.69. The number of ether oxygens (including phenoxy) is 1. The average molecular weight is 250 g/mol. The summed E-state index contributed by atoms with van der Waals surface area (Å²) in [7, 11) is 0. The van der Waals surface area contributed by atoms with Crippen LogP contribution in [0.5, 0.6) is 5.88 Å². The molecule has 5 nitrogen and oxygen atoms in total. The zero-order chi connectivity index (χ0) is 13.0. The van der Waals surface area contributed by atoms with Crippen LogP contribution in [0.2, 0.25) is 0 Å². The Hall–Kier alpha value is -1.36. The largest absolute Gasteiger partial charge is 0.478 e. The molecule has 2 heterocycles. The van der Waals surface area contributed by atoms with Crippen molar-refractivity contribution < 1.29 is 4.74 Å². The van der Waals surface area contributed by atoms with Crippen LogP contribution < -0.4 is 15.0 Å². The zero-order valence-electron chi connectivity index (χ0n) is 11.4. The van der Waals surface area contributed by atoms with Gasteiger partial charge in [-0.05, 0) is 33.7 Å². The van der Waals surface area contributed by atoms with Crippen molar-refractivity contribution in [1.29, 1.82) is 0 Å². The van der Waals surface area contributed by atoms with E-state index >= 15 is 0 Å². The summed E-state index contributed by atoms with van der Waals surface area (Å²) in [6.45, 7) is 9.88. The number of aromatic nitrogens is 2. The van der Waals surface area contributed by atoms with E-state index in [-0.39, 0.29) is 0 Å². The summed E-state index contributed by atoms with van der Waals surface area (Å²) in [5, 5.41) is 3.40. The van der Waals surface area contributed by atoms with Gasteiger partial charge in [-0.1, -0.05) is 0 Å². The van der Waals surface area contributed by atoms with Crippen LogP contribution in [-0.2, 0) is 0 Å². The molecule has 0 aliphatic carbocycles. The van der Waals surface area contributed by atoms with Crippen LogP contribution in [0.15, 0.2) is 6.33 Å². The van der Waals surface area contributed by atoms with E-state index < -0.39 is 0 Å². The standard InChI is InChI=1S/C13H22N4O/c1-4-17(11-6-7-14-8-11)12-10(3)13(18-5-2)16-9-15-12/h9,11,14H,4-8H2,1-3H3. The summed E-state index contributed by atoms with van der Waals surface area (Å²) in [5.74, 6) is 1.71.